The molecular weight excluding hydrogens is 206 g/mol. The van der Waals surface area contributed by atoms with Crippen molar-refractivity contribution in [1.82, 2.24) is 4.90 Å². The van der Waals surface area contributed by atoms with Crippen LogP contribution in [0.3, 0.4) is 0 Å². The normalized spacial score (nSPS) is 21.7. The highest BCUT2D eigenvalue weighted by Gasteiger charge is 2.41. The van der Waals surface area contributed by atoms with Gasteiger partial charge in [0.1, 0.15) is 0 Å². The van der Waals surface area contributed by atoms with Gasteiger partial charge in [0.05, 0.1) is 0 Å². The van der Waals surface area contributed by atoms with Crippen molar-refractivity contribution in [3.8, 4) is 0 Å². The van der Waals surface area contributed by atoms with Crippen molar-refractivity contribution in [2.24, 2.45) is 0 Å². The van der Waals surface area contributed by atoms with Crippen LogP contribution in [-0.2, 0) is 0 Å². The first-order chi connectivity index (χ1) is 8.17. The van der Waals surface area contributed by atoms with Gasteiger partial charge in [0.25, 0.3) is 0 Å². The fraction of sp³-hybridized carbons (Fsp3) is 1.00. The summed E-state index contributed by atoms with van der Waals surface area (Å²) in [6, 6.07) is 0. The topological polar surface area (TPSA) is 3.01 Å². The Morgan fingerprint density at radius 2 is 1.18 bits per heavy atom. The van der Waals surface area contributed by atoms with Crippen molar-refractivity contribution in [1.29, 1.82) is 0 Å². The second-order valence-corrected chi connectivity index (χ2v) is 6.42. The number of hydrogen-bond acceptors (Lipinski definition) is 1. The van der Waals surface area contributed by atoms with E-state index in [1.54, 1.807) is 0 Å². The van der Waals surface area contributed by atoms with Crippen LogP contribution in [0.25, 0.3) is 0 Å². The van der Waals surface area contributed by atoms with E-state index in [2.05, 4.69) is 25.7 Å². The van der Waals surface area contributed by atoms with Crippen LogP contribution in [0.15, 0.2) is 0 Å². The number of unbranched alkanes of at least 4 members (excludes halogenated alkanes) is 9. The Labute approximate surface area is 109 Å². The highest BCUT2D eigenvalue weighted by atomic mass is 15.3. The summed E-state index contributed by atoms with van der Waals surface area (Å²) < 4.78 is 0. The quantitative estimate of drug-likeness (QED) is 0.362. The van der Waals surface area contributed by atoms with Gasteiger partial charge >= 0.3 is 0 Å². The average molecular weight is 239 g/mol. The smallest absolute Gasteiger partial charge is 0.0281 e. The molecule has 1 rings (SSSR count). The lowest BCUT2D eigenvalue weighted by atomic mass is 10.1. The molecule has 0 radical (unpaired) electrons. The van der Waals surface area contributed by atoms with E-state index in [4.69, 9.17) is 0 Å². The van der Waals surface area contributed by atoms with Gasteiger partial charge in [-0.05, 0) is 26.8 Å². The lowest BCUT2D eigenvalue weighted by molar-refractivity contribution is 0.423. The molecule has 0 aromatic rings. The molecule has 17 heavy (non-hydrogen) atoms. The minimum absolute atomic E-state index is 0.541. The van der Waals surface area contributed by atoms with Crippen molar-refractivity contribution in [3.63, 3.8) is 0 Å². The third kappa shape index (κ3) is 7.08. The van der Waals surface area contributed by atoms with Gasteiger partial charge in [-0.1, -0.05) is 64.7 Å². The van der Waals surface area contributed by atoms with Gasteiger partial charge in [-0.3, -0.25) is 4.90 Å². The molecule has 0 aromatic heterocycles. The van der Waals surface area contributed by atoms with Crippen molar-refractivity contribution in [2.45, 2.75) is 90.5 Å². The second-order valence-electron chi connectivity index (χ2n) is 6.42. The maximum atomic E-state index is 2.59. The van der Waals surface area contributed by atoms with Crippen LogP contribution < -0.4 is 0 Å². The molecule has 102 valence electrons. The zero-order chi connectivity index (χ0) is 12.6. The minimum Gasteiger partial charge on any atom is -0.295 e. The molecule has 0 spiro atoms. The zero-order valence-electron chi connectivity index (χ0n) is 12.4. The second kappa shape index (κ2) is 8.13. The highest BCUT2D eigenvalue weighted by molar-refractivity contribution is 4.98. The summed E-state index contributed by atoms with van der Waals surface area (Å²) in [5, 5.41) is 0. The first-order valence-corrected chi connectivity index (χ1v) is 7.92. The van der Waals surface area contributed by atoms with Gasteiger partial charge < -0.3 is 0 Å². The van der Waals surface area contributed by atoms with E-state index in [1.165, 1.54) is 77.3 Å². The van der Waals surface area contributed by atoms with Gasteiger partial charge in [-0.15, -0.1) is 0 Å². The van der Waals surface area contributed by atoms with Crippen LogP contribution in [0.1, 0.15) is 85.0 Å². The first kappa shape index (κ1) is 15.0. The third-order valence-electron chi connectivity index (χ3n) is 4.11. The van der Waals surface area contributed by atoms with E-state index in [0.29, 0.717) is 5.54 Å². The van der Waals surface area contributed by atoms with E-state index in [1.807, 2.05) is 0 Å². The molecule has 1 fully saturated rings. The first-order valence-electron chi connectivity index (χ1n) is 7.92. The number of hydrogen-bond donors (Lipinski definition) is 0. The van der Waals surface area contributed by atoms with Gasteiger partial charge in [-0.25, -0.2) is 0 Å². The molecule has 0 aliphatic carbocycles. The Balaban J connectivity index is 1.70. The van der Waals surface area contributed by atoms with Crippen LogP contribution in [-0.4, -0.2) is 23.5 Å². The molecule has 1 aliphatic heterocycles. The molecule has 0 aromatic carbocycles. The molecule has 1 heterocycles. The summed E-state index contributed by atoms with van der Waals surface area (Å²) in [6.45, 7) is 9.65. The molecule has 1 unspecified atom stereocenters. The highest BCUT2D eigenvalue weighted by Crippen LogP contribution is 2.30. The monoisotopic (exact) mass is 239 g/mol. The summed E-state index contributed by atoms with van der Waals surface area (Å²) in [7, 11) is 0. The number of nitrogens with zero attached hydrogens (tertiary/aromatic N) is 1. The fourth-order valence-corrected chi connectivity index (χ4v) is 2.60. The molecule has 1 atom stereocenters. The lowest BCUT2D eigenvalue weighted by Gasteiger charge is -2.06. The molecule has 1 nitrogen and oxygen atoms in total. The van der Waals surface area contributed by atoms with Crippen LogP contribution in [0, 0.1) is 0 Å². The summed E-state index contributed by atoms with van der Waals surface area (Å²) in [5.41, 5.74) is 0.541. The van der Waals surface area contributed by atoms with Gasteiger partial charge in [0, 0.05) is 12.1 Å². The van der Waals surface area contributed by atoms with Crippen LogP contribution in [0.4, 0.5) is 0 Å². The standard InChI is InChI=1S/C16H33N/c1-4-5-6-7-8-9-10-11-12-13-14-17-15-16(17,2)3/h4-15H2,1-3H3. The van der Waals surface area contributed by atoms with Crippen molar-refractivity contribution in [3.05, 3.63) is 0 Å². The maximum Gasteiger partial charge on any atom is 0.0281 e. The molecule has 1 aliphatic rings. The minimum atomic E-state index is 0.541. The van der Waals surface area contributed by atoms with Crippen molar-refractivity contribution < 1.29 is 0 Å². The van der Waals surface area contributed by atoms with Crippen molar-refractivity contribution in [2.75, 3.05) is 13.1 Å². The van der Waals surface area contributed by atoms with Gasteiger partial charge in [0.15, 0.2) is 0 Å². The number of rotatable bonds is 11. The Bertz CT molecular complexity index is 186. The average Bonchev–Trinajstić information content (AvgIpc) is 2.89. The maximum absolute atomic E-state index is 2.59. The predicted octanol–water partition coefficient (Wildman–Crippen LogP) is 5.00. The molecule has 1 saturated heterocycles. The zero-order valence-corrected chi connectivity index (χ0v) is 12.4. The van der Waals surface area contributed by atoms with E-state index < -0.39 is 0 Å². The van der Waals surface area contributed by atoms with Gasteiger partial charge in [0.2, 0.25) is 0 Å². The third-order valence-corrected chi connectivity index (χ3v) is 4.11. The Hall–Kier alpha value is -0.0400. The largest absolute Gasteiger partial charge is 0.295 e. The SMILES string of the molecule is CCCCCCCCCCCCN1CC1(C)C. The predicted molar refractivity (Wildman–Crippen MR) is 77.5 cm³/mol. The summed E-state index contributed by atoms with van der Waals surface area (Å²) in [5.74, 6) is 0. The molecule has 0 N–H and O–H groups in total. The van der Waals surface area contributed by atoms with Crippen LogP contribution >= 0.6 is 0 Å². The summed E-state index contributed by atoms with van der Waals surface area (Å²) in [6.07, 6.45) is 14.5. The van der Waals surface area contributed by atoms with Crippen LogP contribution in [0.2, 0.25) is 0 Å². The van der Waals surface area contributed by atoms with E-state index in [-0.39, 0.29) is 0 Å². The van der Waals surface area contributed by atoms with Crippen LogP contribution in [0.5, 0.6) is 0 Å². The molecule has 0 bridgehead atoms. The summed E-state index contributed by atoms with van der Waals surface area (Å²) in [4.78, 5) is 2.59. The molecule has 1 heteroatoms. The molecule has 0 saturated carbocycles. The van der Waals surface area contributed by atoms with E-state index >= 15 is 0 Å². The fourth-order valence-electron chi connectivity index (χ4n) is 2.60. The Kier molecular flexibility index (Phi) is 7.18. The van der Waals surface area contributed by atoms with E-state index in [9.17, 15) is 0 Å². The van der Waals surface area contributed by atoms with Crippen molar-refractivity contribution >= 4 is 0 Å². The van der Waals surface area contributed by atoms with E-state index in [0.717, 1.165) is 0 Å². The lowest BCUT2D eigenvalue weighted by Crippen LogP contribution is -2.10. The van der Waals surface area contributed by atoms with Gasteiger partial charge in [-0.2, -0.15) is 0 Å². The Morgan fingerprint density at radius 3 is 1.59 bits per heavy atom. The molecular formula is C16H33N. The Morgan fingerprint density at radius 1 is 0.765 bits per heavy atom. The molecule has 0 amide bonds. The summed E-state index contributed by atoms with van der Waals surface area (Å²) >= 11 is 0.